The fourth-order valence-electron chi connectivity index (χ4n) is 4.11. The van der Waals surface area contributed by atoms with Gasteiger partial charge in [-0.25, -0.2) is 0 Å². The minimum absolute atomic E-state index is 0.263. The van der Waals surface area contributed by atoms with Gasteiger partial charge in [-0.05, 0) is 55.0 Å². The van der Waals surface area contributed by atoms with Crippen molar-refractivity contribution in [1.82, 2.24) is 0 Å². The summed E-state index contributed by atoms with van der Waals surface area (Å²) >= 11 is 12.3. The van der Waals surface area contributed by atoms with Gasteiger partial charge in [-0.2, -0.15) is 0 Å². The Morgan fingerprint density at radius 3 is 2.65 bits per heavy atom. The molecule has 0 amide bonds. The number of halogens is 2. The molecule has 2 aromatic rings. The van der Waals surface area contributed by atoms with E-state index in [9.17, 15) is 0 Å². The van der Waals surface area contributed by atoms with Gasteiger partial charge >= 0.3 is 0 Å². The molecule has 0 saturated heterocycles. The lowest BCUT2D eigenvalue weighted by Gasteiger charge is -2.38. The molecule has 1 N–H and O–H groups in total. The van der Waals surface area contributed by atoms with Gasteiger partial charge in [0.1, 0.15) is 0 Å². The summed E-state index contributed by atoms with van der Waals surface area (Å²) in [4.78, 5) is 0. The fourth-order valence-corrected chi connectivity index (χ4v) is 4.42. The topological polar surface area (TPSA) is 12.0 Å². The molecule has 3 heteroatoms. The number of nitrogens with one attached hydrogen (secondary N) is 1. The molecule has 1 nitrogen and oxygen atoms in total. The summed E-state index contributed by atoms with van der Waals surface area (Å²) in [7, 11) is 0. The number of hydrogen-bond donors (Lipinski definition) is 1. The Bertz CT molecular complexity index is 810. The van der Waals surface area contributed by atoms with Crippen LogP contribution in [0.5, 0.6) is 0 Å². The van der Waals surface area contributed by atoms with Gasteiger partial charge in [0.05, 0.1) is 16.1 Å². The second kappa shape index (κ2) is 5.58. The van der Waals surface area contributed by atoms with E-state index in [1.54, 1.807) is 0 Å². The number of benzene rings is 2. The first kappa shape index (κ1) is 15.1. The third kappa shape index (κ3) is 2.47. The van der Waals surface area contributed by atoms with Gasteiger partial charge in [-0.15, -0.1) is 0 Å². The van der Waals surface area contributed by atoms with Crippen molar-refractivity contribution in [3.8, 4) is 0 Å². The summed E-state index contributed by atoms with van der Waals surface area (Å²) in [5.41, 5.74) is 6.56. The highest BCUT2D eigenvalue weighted by Gasteiger charge is 2.38. The average molecular weight is 344 g/mol. The minimum Gasteiger partial charge on any atom is -0.377 e. The first-order chi connectivity index (χ1) is 11.0. The van der Waals surface area contributed by atoms with E-state index in [0.717, 1.165) is 6.42 Å². The summed E-state index contributed by atoms with van der Waals surface area (Å²) in [5, 5.41) is 5.02. The van der Waals surface area contributed by atoms with E-state index in [1.807, 2.05) is 12.1 Å². The monoisotopic (exact) mass is 343 g/mol. The molecule has 2 aromatic carbocycles. The Balaban J connectivity index is 1.82. The van der Waals surface area contributed by atoms with Crippen molar-refractivity contribution in [3.05, 3.63) is 74.8 Å². The van der Waals surface area contributed by atoms with E-state index in [1.165, 1.54) is 27.9 Å². The van der Waals surface area contributed by atoms with Crippen LogP contribution in [-0.4, -0.2) is 0 Å². The maximum Gasteiger partial charge on any atom is 0.0595 e. The van der Waals surface area contributed by atoms with Gasteiger partial charge in [0.2, 0.25) is 0 Å². The second-order valence-corrected chi connectivity index (χ2v) is 7.51. The predicted octanol–water partition coefficient (Wildman–Crippen LogP) is 6.44. The molecule has 0 saturated carbocycles. The third-order valence-electron chi connectivity index (χ3n) is 5.11. The zero-order valence-corrected chi connectivity index (χ0v) is 14.7. The minimum atomic E-state index is 0.263. The second-order valence-electron chi connectivity index (χ2n) is 6.70. The van der Waals surface area contributed by atoms with Gasteiger partial charge in [0, 0.05) is 11.6 Å². The Kier molecular flexibility index (Phi) is 3.66. The molecule has 0 fully saturated rings. The van der Waals surface area contributed by atoms with Gasteiger partial charge in [0.15, 0.2) is 0 Å². The highest BCUT2D eigenvalue weighted by atomic mass is 35.5. The van der Waals surface area contributed by atoms with E-state index in [0.29, 0.717) is 21.9 Å². The Hall–Kier alpha value is -1.44. The maximum absolute atomic E-state index is 6.25. The lowest BCUT2D eigenvalue weighted by Crippen LogP contribution is -2.29. The molecule has 0 spiro atoms. The third-order valence-corrected chi connectivity index (χ3v) is 5.85. The van der Waals surface area contributed by atoms with E-state index in [2.05, 4.69) is 49.5 Å². The number of fused-ring (bicyclic) bond motifs is 3. The van der Waals surface area contributed by atoms with Crippen LogP contribution >= 0.6 is 23.2 Å². The normalized spacial score (nSPS) is 25.0. The average Bonchev–Trinajstić information content (AvgIpc) is 2.99. The number of allylic oxidation sites excluding steroid dienone is 2. The van der Waals surface area contributed by atoms with Crippen molar-refractivity contribution in [2.45, 2.75) is 32.2 Å². The molecule has 1 heterocycles. The fraction of sp³-hybridized carbons (Fsp3) is 0.300. The highest BCUT2D eigenvalue weighted by Crippen LogP contribution is 2.51. The number of aryl methyl sites for hydroxylation is 2. The van der Waals surface area contributed by atoms with Crippen LogP contribution in [-0.2, 0) is 0 Å². The van der Waals surface area contributed by atoms with Crippen molar-refractivity contribution in [1.29, 1.82) is 0 Å². The number of hydrogen-bond acceptors (Lipinski definition) is 1. The zero-order chi connectivity index (χ0) is 16.1. The summed E-state index contributed by atoms with van der Waals surface area (Å²) in [5.74, 6) is 1.00. The molecule has 0 aromatic heterocycles. The molecule has 0 unspecified atom stereocenters. The van der Waals surface area contributed by atoms with Crippen molar-refractivity contribution in [3.63, 3.8) is 0 Å². The number of rotatable bonds is 1. The summed E-state index contributed by atoms with van der Waals surface area (Å²) in [6, 6.07) is 10.8. The van der Waals surface area contributed by atoms with Crippen molar-refractivity contribution < 1.29 is 0 Å². The summed E-state index contributed by atoms with van der Waals surface area (Å²) in [6.07, 6.45) is 5.77. The van der Waals surface area contributed by atoms with Crippen LogP contribution < -0.4 is 5.32 Å². The molecule has 1 aliphatic heterocycles. The lowest BCUT2D eigenvalue weighted by atomic mass is 9.76. The smallest absolute Gasteiger partial charge is 0.0595 e. The molecule has 0 bridgehead atoms. The molecule has 23 heavy (non-hydrogen) atoms. The lowest BCUT2D eigenvalue weighted by molar-refractivity contribution is 0.425. The molecular weight excluding hydrogens is 325 g/mol. The molecule has 3 atom stereocenters. The Labute approximate surface area is 147 Å². The molecule has 118 valence electrons. The van der Waals surface area contributed by atoms with Gasteiger partial charge in [0.25, 0.3) is 0 Å². The first-order valence-corrected chi connectivity index (χ1v) is 8.79. The van der Waals surface area contributed by atoms with Crippen LogP contribution in [0.1, 0.15) is 40.6 Å². The molecule has 2 aliphatic rings. The standard InChI is InChI=1S/C20H19Cl2N/c1-11-8-12(2)19-16(9-11)14-4-3-5-15(14)20(23-19)13-6-7-17(21)18(22)10-13/h3-4,6-10,14-15,20,23H,5H2,1-2H3/t14-,15+,20+/m1/s1. The molecule has 0 radical (unpaired) electrons. The van der Waals surface area contributed by atoms with Crippen LogP contribution in [0.25, 0.3) is 0 Å². The van der Waals surface area contributed by atoms with Crippen LogP contribution in [0.15, 0.2) is 42.5 Å². The van der Waals surface area contributed by atoms with Crippen LogP contribution in [0, 0.1) is 19.8 Å². The maximum atomic E-state index is 6.25. The van der Waals surface area contributed by atoms with E-state index >= 15 is 0 Å². The Morgan fingerprint density at radius 1 is 1.04 bits per heavy atom. The first-order valence-electron chi connectivity index (χ1n) is 8.04. The van der Waals surface area contributed by atoms with Gasteiger partial charge in [-0.3, -0.25) is 0 Å². The number of anilines is 1. The van der Waals surface area contributed by atoms with E-state index < -0.39 is 0 Å². The molecular formula is C20H19Cl2N. The Morgan fingerprint density at radius 2 is 1.87 bits per heavy atom. The summed E-state index contributed by atoms with van der Waals surface area (Å²) < 4.78 is 0. The molecule has 1 aliphatic carbocycles. The van der Waals surface area contributed by atoms with Gasteiger partial charge < -0.3 is 5.32 Å². The van der Waals surface area contributed by atoms with Crippen LogP contribution in [0.3, 0.4) is 0 Å². The van der Waals surface area contributed by atoms with Crippen molar-refractivity contribution >= 4 is 28.9 Å². The SMILES string of the molecule is Cc1cc(C)c2c(c1)[C@@H]1C=CC[C@@H]1[C@H](c1ccc(Cl)c(Cl)c1)N2. The zero-order valence-electron chi connectivity index (χ0n) is 13.2. The molecule has 4 rings (SSSR count). The van der Waals surface area contributed by atoms with E-state index in [-0.39, 0.29) is 6.04 Å². The summed E-state index contributed by atoms with van der Waals surface area (Å²) in [6.45, 7) is 4.36. The van der Waals surface area contributed by atoms with Crippen LogP contribution in [0.2, 0.25) is 10.0 Å². The van der Waals surface area contributed by atoms with Crippen LogP contribution in [0.4, 0.5) is 5.69 Å². The van der Waals surface area contributed by atoms with E-state index in [4.69, 9.17) is 23.2 Å². The highest BCUT2D eigenvalue weighted by molar-refractivity contribution is 6.42. The van der Waals surface area contributed by atoms with Crippen molar-refractivity contribution in [2.75, 3.05) is 5.32 Å². The van der Waals surface area contributed by atoms with Gasteiger partial charge in [-0.1, -0.05) is 59.1 Å². The quantitative estimate of drug-likeness (QED) is 0.587. The predicted molar refractivity (Wildman–Crippen MR) is 98.7 cm³/mol. The van der Waals surface area contributed by atoms with Crippen molar-refractivity contribution in [2.24, 2.45) is 5.92 Å². The largest absolute Gasteiger partial charge is 0.377 e.